The Morgan fingerprint density at radius 3 is 2.47 bits per heavy atom. The third-order valence-corrected chi connectivity index (χ3v) is 5.94. The van der Waals surface area contributed by atoms with E-state index in [1.165, 1.54) is 11.8 Å². The van der Waals surface area contributed by atoms with Gasteiger partial charge in [-0.1, -0.05) is 35.5 Å². The van der Waals surface area contributed by atoms with Gasteiger partial charge >= 0.3 is 5.97 Å². The number of halogens is 1. The van der Waals surface area contributed by atoms with Crippen molar-refractivity contribution in [3.8, 4) is 0 Å². The van der Waals surface area contributed by atoms with Crippen LogP contribution in [0.1, 0.15) is 40.4 Å². The van der Waals surface area contributed by atoms with Crippen LogP contribution in [0.2, 0.25) is 5.02 Å². The van der Waals surface area contributed by atoms with E-state index in [1.54, 1.807) is 55.5 Å². The second-order valence-corrected chi connectivity index (χ2v) is 8.29. The predicted molar refractivity (Wildman–Crippen MR) is 130 cm³/mol. The number of carbonyl (C=O) groups excluding carboxylic acids is 3. The van der Waals surface area contributed by atoms with Crippen LogP contribution < -0.4 is 10.6 Å². The number of ether oxygens (including phenoxy) is 1. The van der Waals surface area contributed by atoms with E-state index in [-0.39, 0.29) is 24.1 Å². The molecule has 0 atom stereocenters. The maximum atomic E-state index is 12.4. The summed E-state index contributed by atoms with van der Waals surface area (Å²) >= 11 is 7.31. The van der Waals surface area contributed by atoms with Crippen LogP contribution in [0.25, 0.3) is 0 Å². The molecule has 0 fully saturated rings. The van der Waals surface area contributed by atoms with Gasteiger partial charge in [0.15, 0.2) is 11.0 Å². The Labute approximate surface area is 206 Å². The molecule has 0 radical (unpaired) electrons. The molecule has 11 heteroatoms. The van der Waals surface area contributed by atoms with Crippen molar-refractivity contribution in [1.82, 2.24) is 20.1 Å². The normalized spacial score (nSPS) is 10.6. The van der Waals surface area contributed by atoms with E-state index in [1.807, 2.05) is 11.5 Å². The minimum absolute atomic E-state index is 0.115. The third kappa shape index (κ3) is 6.58. The Morgan fingerprint density at radius 1 is 1.06 bits per heavy atom. The fourth-order valence-corrected chi connectivity index (χ4v) is 4.05. The second kappa shape index (κ2) is 12.2. The van der Waals surface area contributed by atoms with Crippen LogP contribution in [0.15, 0.2) is 53.7 Å². The number of thioether (sulfide) groups is 1. The van der Waals surface area contributed by atoms with Gasteiger partial charge in [-0.05, 0) is 50.2 Å². The first-order chi connectivity index (χ1) is 16.4. The molecule has 2 aromatic carbocycles. The van der Waals surface area contributed by atoms with E-state index < -0.39 is 5.97 Å². The summed E-state index contributed by atoms with van der Waals surface area (Å²) in [6.07, 6.45) is 0. The van der Waals surface area contributed by atoms with Crippen LogP contribution in [-0.2, 0) is 22.6 Å². The topological polar surface area (TPSA) is 115 Å². The maximum Gasteiger partial charge on any atom is 0.338 e. The Balaban J connectivity index is 1.54. The smallest absolute Gasteiger partial charge is 0.338 e. The first kappa shape index (κ1) is 25.3. The highest BCUT2D eigenvalue weighted by molar-refractivity contribution is 7.99. The monoisotopic (exact) mass is 501 g/mol. The number of aromatic nitrogens is 3. The third-order valence-electron chi connectivity index (χ3n) is 4.65. The highest BCUT2D eigenvalue weighted by Gasteiger charge is 2.16. The number of anilines is 1. The number of amides is 2. The number of benzene rings is 2. The number of nitrogens with one attached hydrogen (secondary N) is 2. The molecule has 0 unspecified atom stereocenters. The standard InChI is InChI=1S/C23H24ClN5O4S/c1-3-29-19(13-25-21(31)17-7-5-6-8-18(17)24)27-28-23(29)34-14-20(30)26-16-11-9-15(10-12-16)22(32)33-4-2/h5-12H,3-4,13-14H2,1-2H3,(H,25,31)(H,26,30). The molecule has 1 aromatic heterocycles. The number of carbonyl (C=O) groups is 3. The average molecular weight is 502 g/mol. The summed E-state index contributed by atoms with van der Waals surface area (Å²) < 4.78 is 6.78. The van der Waals surface area contributed by atoms with Crippen molar-refractivity contribution in [2.45, 2.75) is 32.1 Å². The first-order valence-electron chi connectivity index (χ1n) is 10.6. The molecule has 0 saturated carbocycles. The van der Waals surface area contributed by atoms with Gasteiger partial charge in [0, 0.05) is 12.2 Å². The lowest BCUT2D eigenvalue weighted by molar-refractivity contribution is -0.113. The number of rotatable bonds is 10. The highest BCUT2D eigenvalue weighted by atomic mass is 35.5. The highest BCUT2D eigenvalue weighted by Crippen LogP contribution is 2.19. The van der Waals surface area contributed by atoms with Gasteiger partial charge in [0.25, 0.3) is 5.91 Å². The van der Waals surface area contributed by atoms with Crippen LogP contribution in [0.4, 0.5) is 5.69 Å². The molecule has 0 aliphatic heterocycles. The van der Waals surface area contributed by atoms with E-state index in [2.05, 4.69) is 20.8 Å². The molecule has 0 spiro atoms. The van der Waals surface area contributed by atoms with Crippen LogP contribution in [0, 0.1) is 0 Å². The number of nitrogens with zero attached hydrogens (tertiary/aromatic N) is 3. The van der Waals surface area contributed by atoms with Crippen LogP contribution >= 0.6 is 23.4 Å². The minimum atomic E-state index is -0.409. The van der Waals surface area contributed by atoms with Gasteiger partial charge in [-0.15, -0.1) is 10.2 Å². The number of hydrogen-bond acceptors (Lipinski definition) is 7. The van der Waals surface area contributed by atoms with Gasteiger partial charge in [0.1, 0.15) is 0 Å². The van der Waals surface area contributed by atoms with Crippen LogP contribution in [0.5, 0.6) is 0 Å². The maximum absolute atomic E-state index is 12.4. The van der Waals surface area contributed by atoms with Gasteiger partial charge in [0.2, 0.25) is 5.91 Å². The van der Waals surface area contributed by atoms with Crippen molar-refractivity contribution in [2.24, 2.45) is 0 Å². The average Bonchev–Trinajstić information content (AvgIpc) is 3.24. The fraction of sp³-hybridized carbons (Fsp3) is 0.261. The molecule has 9 nitrogen and oxygen atoms in total. The summed E-state index contributed by atoms with van der Waals surface area (Å²) in [6, 6.07) is 13.3. The summed E-state index contributed by atoms with van der Waals surface area (Å²) in [5.41, 5.74) is 1.37. The van der Waals surface area contributed by atoms with Crippen molar-refractivity contribution >= 4 is 46.8 Å². The van der Waals surface area contributed by atoms with Crippen molar-refractivity contribution in [2.75, 3.05) is 17.7 Å². The molecule has 2 N–H and O–H groups in total. The zero-order valence-electron chi connectivity index (χ0n) is 18.7. The molecule has 0 aliphatic carbocycles. The molecule has 2 amide bonds. The van der Waals surface area contributed by atoms with E-state index in [0.29, 0.717) is 46.0 Å². The summed E-state index contributed by atoms with van der Waals surface area (Å²) in [4.78, 5) is 36.5. The van der Waals surface area contributed by atoms with Crippen molar-refractivity contribution < 1.29 is 19.1 Å². The van der Waals surface area contributed by atoms with E-state index in [0.717, 1.165) is 0 Å². The quantitative estimate of drug-likeness (QED) is 0.321. The predicted octanol–water partition coefficient (Wildman–Crippen LogP) is 3.79. The SMILES string of the molecule is CCOC(=O)c1ccc(NC(=O)CSc2nnc(CNC(=O)c3ccccc3Cl)n2CC)cc1. The van der Waals surface area contributed by atoms with Crippen LogP contribution in [0.3, 0.4) is 0 Å². The number of esters is 1. The van der Waals surface area contributed by atoms with Gasteiger partial charge < -0.3 is 19.9 Å². The lowest BCUT2D eigenvalue weighted by atomic mass is 10.2. The lowest BCUT2D eigenvalue weighted by Gasteiger charge is -2.09. The molecule has 1 heterocycles. The second-order valence-electron chi connectivity index (χ2n) is 6.94. The van der Waals surface area contributed by atoms with E-state index in [4.69, 9.17) is 16.3 Å². The Kier molecular flexibility index (Phi) is 9.06. The molecule has 0 bridgehead atoms. The largest absolute Gasteiger partial charge is 0.462 e. The van der Waals surface area contributed by atoms with Gasteiger partial charge in [-0.2, -0.15) is 0 Å². The van der Waals surface area contributed by atoms with Gasteiger partial charge in [-0.25, -0.2) is 4.79 Å². The molecule has 0 aliphatic rings. The Morgan fingerprint density at radius 2 is 1.79 bits per heavy atom. The summed E-state index contributed by atoms with van der Waals surface area (Å²) in [5.74, 6) is -0.259. The fourth-order valence-electron chi connectivity index (χ4n) is 3.01. The first-order valence-corrected chi connectivity index (χ1v) is 11.9. The van der Waals surface area contributed by atoms with Crippen LogP contribution in [-0.4, -0.2) is 44.9 Å². The lowest BCUT2D eigenvalue weighted by Crippen LogP contribution is -2.25. The van der Waals surface area contributed by atoms with Crippen molar-refractivity contribution in [1.29, 1.82) is 0 Å². The van der Waals surface area contributed by atoms with Gasteiger partial charge in [-0.3, -0.25) is 9.59 Å². The number of hydrogen-bond donors (Lipinski definition) is 2. The van der Waals surface area contributed by atoms with Crippen molar-refractivity contribution in [3.63, 3.8) is 0 Å². The molecule has 3 rings (SSSR count). The minimum Gasteiger partial charge on any atom is -0.462 e. The summed E-state index contributed by atoms with van der Waals surface area (Å²) in [5, 5.41) is 14.8. The van der Waals surface area contributed by atoms with E-state index >= 15 is 0 Å². The van der Waals surface area contributed by atoms with Crippen molar-refractivity contribution in [3.05, 3.63) is 70.5 Å². The zero-order chi connectivity index (χ0) is 24.5. The molecular weight excluding hydrogens is 478 g/mol. The zero-order valence-corrected chi connectivity index (χ0v) is 20.3. The Hall–Kier alpha value is -3.37. The molecule has 3 aromatic rings. The van der Waals surface area contributed by atoms with Gasteiger partial charge in [0.05, 0.1) is 35.1 Å². The molecule has 0 saturated heterocycles. The summed E-state index contributed by atoms with van der Waals surface area (Å²) in [7, 11) is 0. The molecule has 34 heavy (non-hydrogen) atoms. The molecular formula is C23H24ClN5O4S. The summed E-state index contributed by atoms with van der Waals surface area (Å²) in [6.45, 7) is 4.71. The Bertz CT molecular complexity index is 1170. The van der Waals surface area contributed by atoms with E-state index in [9.17, 15) is 14.4 Å². The molecule has 178 valence electrons.